The Morgan fingerprint density at radius 2 is 1.73 bits per heavy atom. The molecule has 7 nitrogen and oxygen atoms in total. The monoisotopic (exact) mass is 455 g/mol. The van der Waals surface area contributed by atoms with Gasteiger partial charge in [-0.25, -0.2) is 4.79 Å². The fourth-order valence-corrected chi connectivity index (χ4v) is 3.22. The van der Waals surface area contributed by atoms with E-state index in [1.165, 1.54) is 0 Å². The zero-order valence-electron chi connectivity index (χ0n) is 16.8. The molecule has 3 N–H and O–H groups in total. The molecule has 1 amide bonds. The SMILES string of the molecule is CC(C)(C)c1cc(Oc2c(Cl)cc(CCOC(=O)NCC(=O)O)cc2Cl)ccc1O. The van der Waals surface area contributed by atoms with Crippen molar-refractivity contribution in [1.29, 1.82) is 0 Å². The fraction of sp³-hybridized carbons (Fsp3) is 0.333. The minimum Gasteiger partial charge on any atom is -0.508 e. The van der Waals surface area contributed by atoms with E-state index in [9.17, 15) is 14.7 Å². The van der Waals surface area contributed by atoms with Crippen molar-refractivity contribution in [1.82, 2.24) is 5.32 Å². The number of nitrogens with one attached hydrogen (secondary N) is 1. The molecule has 0 saturated carbocycles. The molecule has 2 rings (SSSR count). The molecule has 0 fully saturated rings. The number of alkyl carbamates (subject to hydrolysis) is 1. The molecule has 0 aliphatic carbocycles. The molecule has 30 heavy (non-hydrogen) atoms. The normalized spacial score (nSPS) is 11.1. The number of benzene rings is 2. The third-order valence-electron chi connectivity index (χ3n) is 4.06. The second-order valence-corrected chi connectivity index (χ2v) is 8.37. The summed E-state index contributed by atoms with van der Waals surface area (Å²) in [5.74, 6) is -0.236. The number of aliphatic carboxylic acids is 1. The molecule has 0 aliphatic rings. The van der Waals surface area contributed by atoms with Crippen molar-refractivity contribution in [3.8, 4) is 17.2 Å². The summed E-state index contributed by atoms with van der Waals surface area (Å²) in [6.07, 6.45) is -0.496. The van der Waals surface area contributed by atoms with Gasteiger partial charge in [-0.05, 0) is 41.3 Å². The number of phenols is 1. The van der Waals surface area contributed by atoms with E-state index in [0.29, 0.717) is 17.7 Å². The summed E-state index contributed by atoms with van der Waals surface area (Å²) in [5.41, 5.74) is 1.16. The molecule has 9 heteroatoms. The minimum atomic E-state index is -1.16. The molecule has 0 heterocycles. The van der Waals surface area contributed by atoms with E-state index in [0.717, 1.165) is 5.56 Å². The Balaban J connectivity index is 2.07. The zero-order valence-corrected chi connectivity index (χ0v) is 18.3. The number of carboxylic acids is 1. The van der Waals surface area contributed by atoms with Crippen LogP contribution < -0.4 is 10.1 Å². The molecule has 162 valence electrons. The summed E-state index contributed by atoms with van der Waals surface area (Å²) in [4.78, 5) is 21.8. The van der Waals surface area contributed by atoms with Gasteiger partial charge in [0.25, 0.3) is 0 Å². The lowest BCUT2D eigenvalue weighted by Crippen LogP contribution is -2.30. The van der Waals surface area contributed by atoms with Gasteiger partial charge in [-0.15, -0.1) is 0 Å². The first-order valence-corrected chi connectivity index (χ1v) is 9.84. The third-order valence-corrected chi connectivity index (χ3v) is 4.62. The molecule has 0 saturated heterocycles. The van der Waals surface area contributed by atoms with Gasteiger partial charge in [0.15, 0.2) is 5.75 Å². The highest BCUT2D eigenvalue weighted by atomic mass is 35.5. The zero-order chi connectivity index (χ0) is 22.5. The van der Waals surface area contributed by atoms with E-state index in [4.69, 9.17) is 37.8 Å². The Morgan fingerprint density at radius 3 is 2.30 bits per heavy atom. The summed E-state index contributed by atoms with van der Waals surface area (Å²) in [6.45, 7) is 5.43. The van der Waals surface area contributed by atoms with Gasteiger partial charge in [-0.1, -0.05) is 44.0 Å². The number of aromatic hydroxyl groups is 1. The largest absolute Gasteiger partial charge is 0.508 e. The first kappa shape index (κ1) is 23.6. The molecule has 0 aliphatic heterocycles. The average Bonchev–Trinajstić information content (AvgIpc) is 2.63. The van der Waals surface area contributed by atoms with Crippen molar-refractivity contribution < 1.29 is 29.3 Å². The highest BCUT2D eigenvalue weighted by Gasteiger charge is 2.20. The van der Waals surface area contributed by atoms with E-state index in [1.54, 1.807) is 30.3 Å². The molecular formula is C21H23Cl2NO6. The van der Waals surface area contributed by atoms with Crippen LogP contribution in [0.25, 0.3) is 0 Å². The standard InChI is InChI=1S/C21H23Cl2NO6/c1-21(2,3)14-10-13(4-5-17(14)25)30-19-15(22)8-12(9-16(19)23)6-7-29-20(28)24-11-18(26)27/h4-5,8-10,25H,6-7,11H2,1-3H3,(H,24,28)(H,26,27). The van der Waals surface area contributed by atoms with Crippen molar-refractivity contribution in [2.45, 2.75) is 32.6 Å². The Labute approximate surface area is 184 Å². The fourth-order valence-electron chi connectivity index (χ4n) is 2.61. The lowest BCUT2D eigenvalue weighted by atomic mass is 9.86. The Bertz CT molecular complexity index is 917. The van der Waals surface area contributed by atoms with Crippen molar-refractivity contribution in [2.24, 2.45) is 0 Å². The van der Waals surface area contributed by atoms with Crippen molar-refractivity contribution in [2.75, 3.05) is 13.2 Å². The van der Waals surface area contributed by atoms with Gasteiger partial charge in [-0.3, -0.25) is 4.79 Å². The molecule has 0 bridgehead atoms. The van der Waals surface area contributed by atoms with Crippen LogP contribution in [0.1, 0.15) is 31.9 Å². The summed E-state index contributed by atoms with van der Waals surface area (Å²) >= 11 is 12.7. The number of hydrogen-bond donors (Lipinski definition) is 3. The lowest BCUT2D eigenvalue weighted by Gasteiger charge is -2.21. The van der Waals surface area contributed by atoms with E-state index in [-0.39, 0.29) is 33.6 Å². The average molecular weight is 456 g/mol. The van der Waals surface area contributed by atoms with Gasteiger partial charge in [0.05, 0.1) is 16.7 Å². The number of ether oxygens (including phenoxy) is 2. The van der Waals surface area contributed by atoms with Crippen molar-refractivity contribution >= 4 is 35.3 Å². The number of carbonyl (C=O) groups is 2. The molecule has 0 aromatic heterocycles. The minimum absolute atomic E-state index is 0.0191. The Morgan fingerprint density at radius 1 is 1.10 bits per heavy atom. The maximum Gasteiger partial charge on any atom is 0.407 e. The van der Waals surface area contributed by atoms with E-state index < -0.39 is 18.6 Å². The van der Waals surface area contributed by atoms with Crippen LogP contribution in [-0.2, 0) is 21.4 Å². The smallest absolute Gasteiger partial charge is 0.407 e. The predicted octanol–water partition coefficient (Wildman–Crippen LogP) is 5.14. The predicted molar refractivity (Wildman–Crippen MR) is 114 cm³/mol. The molecular weight excluding hydrogens is 433 g/mol. The molecule has 2 aromatic rings. The van der Waals surface area contributed by atoms with Crippen LogP contribution in [0.4, 0.5) is 4.79 Å². The van der Waals surface area contributed by atoms with Gasteiger partial charge in [0.1, 0.15) is 18.0 Å². The van der Waals surface area contributed by atoms with Crippen LogP contribution >= 0.6 is 23.2 Å². The van der Waals surface area contributed by atoms with Crippen molar-refractivity contribution in [3.05, 3.63) is 51.5 Å². The number of phenolic OH excluding ortho intramolecular Hbond substituents is 1. The molecule has 2 aromatic carbocycles. The summed E-state index contributed by atoms with van der Waals surface area (Å²) in [5, 5.41) is 21.2. The molecule has 0 radical (unpaired) electrons. The van der Waals surface area contributed by atoms with Crippen LogP contribution in [0.5, 0.6) is 17.2 Å². The van der Waals surface area contributed by atoms with Crippen LogP contribution in [0.2, 0.25) is 10.0 Å². The van der Waals surface area contributed by atoms with Crippen LogP contribution in [0.3, 0.4) is 0 Å². The van der Waals surface area contributed by atoms with Gasteiger partial charge in [0, 0.05) is 12.0 Å². The van der Waals surface area contributed by atoms with Gasteiger partial charge in [0.2, 0.25) is 0 Å². The highest BCUT2D eigenvalue weighted by Crippen LogP contribution is 2.40. The van der Waals surface area contributed by atoms with Crippen molar-refractivity contribution in [3.63, 3.8) is 0 Å². The second kappa shape index (κ2) is 9.91. The summed E-state index contributed by atoms with van der Waals surface area (Å²) in [7, 11) is 0. The van der Waals surface area contributed by atoms with E-state index in [1.807, 2.05) is 20.8 Å². The number of hydrogen-bond acceptors (Lipinski definition) is 5. The maximum atomic E-state index is 11.4. The lowest BCUT2D eigenvalue weighted by molar-refractivity contribution is -0.135. The molecule has 0 unspecified atom stereocenters. The first-order valence-electron chi connectivity index (χ1n) is 9.09. The van der Waals surface area contributed by atoms with E-state index in [2.05, 4.69) is 5.32 Å². The van der Waals surface area contributed by atoms with Gasteiger partial charge < -0.3 is 25.0 Å². The molecule has 0 atom stereocenters. The van der Waals surface area contributed by atoms with Gasteiger partial charge >= 0.3 is 12.1 Å². The number of carbonyl (C=O) groups excluding carboxylic acids is 1. The number of halogens is 2. The number of rotatable bonds is 7. The topological polar surface area (TPSA) is 105 Å². The molecule has 0 spiro atoms. The Kier molecular flexibility index (Phi) is 7.81. The van der Waals surface area contributed by atoms with E-state index >= 15 is 0 Å². The van der Waals surface area contributed by atoms with Crippen LogP contribution in [0, 0.1) is 0 Å². The number of carboxylic acid groups (broad SMARTS) is 1. The van der Waals surface area contributed by atoms with Gasteiger partial charge in [-0.2, -0.15) is 0 Å². The third kappa shape index (κ3) is 6.71. The summed E-state index contributed by atoms with van der Waals surface area (Å²) in [6, 6.07) is 8.20. The van der Waals surface area contributed by atoms with Crippen LogP contribution in [-0.4, -0.2) is 35.4 Å². The quantitative estimate of drug-likeness (QED) is 0.533. The summed E-state index contributed by atoms with van der Waals surface area (Å²) < 4.78 is 10.8. The second-order valence-electron chi connectivity index (χ2n) is 7.55. The van der Waals surface area contributed by atoms with Crippen LogP contribution in [0.15, 0.2) is 30.3 Å². The maximum absolute atomic E-state index is 11.4. The number of amides is 1. The first-order chi connectivity index (χ1) is 14.0. The highest BCUT2D eigenvalue weighted by molar-refractivity contribution is 6.37. The Hall–Kier alpha value is -2.64.